The van der Waals surface area contributed by atoms with Crippen LogP contribution in [-0.2, 0) is 4.79 Å². The molecule has 1 saturated carbocycles. The van der Waals surface area contributed by atoms with Crippen LogP contribution in [0, 0.1) is 17.8 Å². The van der Waals surface area contributed by atoms with E-state index in [0.717, 1.165) is 12.3 Å². The fourth-order valence-electron chi connectivity index (χ4n) is 2.78. The molecule has 1 amide bonds. The molecule has 0 aromatic heterocycles. The number of rotatable bonds is 4. The van der Waals surface area contributed by atoms with E-state index in [0.29, 0.717) is 30.8 Å². The predicted octanol–water partition coefficient (Wildman–Crippen LogP) is 2.33. The van der Waals surface area contributed by atoms with Gasteiger partial charge in [-0.3, -0.25) is 4.79 Å². The van der Waals surface area contributed by atoms with Gasteiger partial charge in [-0.25, -0.2) is 0 Å². The number of amides is 1. The Morgan fingerprint density at radius 2 is 2.06 bits per heavy atom. The zero-order valence-electron chi connectivity index (χ0n) is 11.2. The molecule has 0 spiro atoms. The molecule has 1 aliphatic carbocycles. The summed E-state index contributed by atoms with van der Waals surface area (Å²) in [4.78, 5) is 11.6. The number of hydrogen-bond donors (Lipinski definition) is 2. The van der Waals surface area contributed by atoms with Gasteiger partial charge in [0, 0.05) is 19.0 Å². The van der Waals surface area contributed by atoms with Gasteiger partial charge in [0.1, 0.15) is 0 Å². The van der Waals surface area contributed by atoms with Gasteiger partial charge in [0.2, 0.25) is 5.91 Å². The zero-order chi connectivity index (χ0) is 12.1. The highest BCUT2D eigenvalue weighted by Crippen LogP contribution is 2.33. The first-order valence-corrected chi connectivity index (χ1v) is 6.54. The Morgan fingerprint density at radius 3 is 2.59 bits per heavy atom. The lowest BCUT2D eigenvalue weighted by Gasteiger charge is -2.37. The van der Waals surface area contributed by atoms with E-state index in [-0.39, 0.29) is 18.3 Å². The highest BCUT2D eigenvalue weighted by molar-refractivity contribution is 5.85. The van der Waals surface area contributed by atoms with E-state index in [2.05, 4.69) is 26.1 Å². The lowest BCUT2D eigenvalue weighted by molar-refractivity contribution is -0.122. The second-order valence-corrected chi connectivity index (χ2v) is 5.54. The molecule has 1 rings (SSSR count). The minimum Gasteiger partial charge on any atom is -0.353 e. The third kappa shape index (κ3) is 5.26. The van der Waals surface area contributed by atoms with Crippen molar-refractivity contribution in [2.24, 2.45) is 23.5 Å². The zero-order valence-corrected chi connectivity index (χ0v) is 12.1. The monoisotopic (exact) mass is 262 g/mol. The number of carbonyl (C=O) groups is 1. The Hall–Kier alpha value is -0.280. The summed E-state index contributed by atoms with van der Waals surface area (Å²) in [6.07, 6.45) is 4.12. The number of carbonyl (C=O) groups excluding carboxylic acids is 1. The van der Waals surface area contributed by atoms with Gasteiger partial charge in [0.25, 0.3) is 0 Å². The fraction of sp³-hybridized carbons (Fsp3) is 0.923. The summed E-state index contributed by atoms with van der Waals surface area (Å²) < 4.78 is 0. The minimum atomic E-state index is 0. The van der Waals surface area contributed by atoms with Crippen LogP contribution in [0.2, 0.25) is 0 Å². The number of nitrogens with one attached hydrogen (secondary N) is 1. The normalized spacial score (nSPS) is 28.6. The van der Waals surface area contributed by atoms with Gasteiger partial charge in [-0.2, -0.15) is 0 Å². The van der Waals surface area contributed by atoms with Crippen LogP contribution in [0.5, 0.6) is 0 Å². The molecule has 1 aliphatic rings. The number of hydrogen-bond acceptors (Lipinski definition) is 2. The maximum Gasteiger partial charge on any atom is 0.221 e. The van der Waals surface area contributed by atoms with Crippen molar-refractivity contribution in [3.63, 3.8) is 0 Å². The summed E-state index contributed by atoms with van der Waals surface area (Å²) in [6, 6.07) is 0.364. The Balaban J connectivity index is 0.00000256. The molecule has 102 valence electrons. The molecule has 3 unspecified atom stereocenters. The molecule has 1 fully saturated rings. The summed E-state index contributed by atoms with van der Waals surface area (Å²) in [7, 11) is 0. The molecule has 3 atom stereocenters. The third-order valence-corrected chi connectivity index (χ3v) is 3.74. The van der Waals surface area contributed by atoms with E-state index in [1.165, 1.54) is 12.8 Å². The summed E-state index contributed by atoms with van der Waals surface area (Å²) in [5.74, 6) is 2.14. The quantitative estimate of drug-likeness (QED) is 0.817. The second kappa shape index (κ2) is 7.93. The maximum absolute atomic E-state index is 11.6. The van der Waals surface area contributed by atoms with Crippen LogP contribution in [0.4, 0.5) is 0 Å². The van der Waals surface area contributed by atoms with Crippen molar-refractivity contribution in [1.29, 1.82) is 0 Å². The highest BCUT2D eigenvalue weighted by Gasteiger charge is 2.31. The molecule has 0 aromatic rings. The van der Waals surface area contributed by atoms with Crippen molar-refractivity contribution in [3.05, 3.63) is 0 Å². The smallest absolute Gasteiger partial charge is 0.221 e. The third-order valence-electron chi connectivity index (χ3n) is 3.74. The van der Waals surface area contributed by atoms with Crippen molar-refractivity contribution in [3.8, 4) is 0 Å². The molecule has 0 aromatic carbocycles. The molecule has 3 N–H and O–H groups in total. The van der Waals surface area contributed by atoms with E-state index >= 15 is 0 Å². The largest absolute Gasteiger partial charge is 0.353 e. The molecule has 17 heavy (non-hydrogen) atoms. The minimum absolute atomic E-state index is 0. The van der Waals surface area contributed by atoms with Gasteiger partial charge in [-0.1, -0.05) is 27.2 Å². The van der Waals surface area contributed by atoms with Crippen LogP contribution in [0.15, 0.2) is 0 Å². The summed E-state index contributed by atoms with van der Waals surface area (Å²) in [6.45, 7) is 7.23. The molecule has 0 aliphatic heterocycles. The van der Waals surface area contributed by atoms with Gasteiger partial charge < -0.3 is 11.1 Å². The average molecular weight is 263 g/mol. The summed E-state index contributed by atoms with van der Waals surface area (Å²) in [5, 5.41) is 3.16. The Labute approximate surface area is 111 Å². The number of halogens is 1. The topological polar surface area (TPSA) is 55.1 Å². The summed E-state index contributed by atoms with van der Waals surface area (Å²) >= 11 is 0. The molecule has 0 saturated heterocycles. The van der Waals surface area contributed by atoms with Gasteiger partial charge in [0.15, 0.2) is 0 Å². The van der Waals surface area contributed by atoms with Crippen LogP contribution in [0.3, 0.4) is 0 Å². The van der Waals surface area contributed by atoms with Crippen molar-refractivity contribution in [2.75, 3.05) is 6.54 Å². The first-order chi connectivity index (χ1) is 7.54. The van der Waals surface area contributed by atoms with Gasteiger partial charge in [-0.15, -0.1) is 12.4 Å². The van der Waals surface area contributed by atoms with Crippen molar-refractivity contribution >= 4 is 18.3 Å². The molecular formula is C13H27ClN2O. The van der Waals surface area contributed by atoms with E-state index in [9.17, 15) is 4.79 Å². The molecule has 0 radical (unpaired) electrons. The van der Waals surface area contributed by atoms with Crippen LogP contribution in [-0.4, -0.2) is 18.5 Å². The van der Waals surface area contributed by atoms with Gasteiger partial charge in [0.05, 0.1) is 0 Å². The predicted molar refractivity (Wildman–Crippen MR) is 74.2 cm³/mol. The van der Waals surface area contributed by atoms with Gasteiger partial charge in [-0.05, 0) is 30.6 Å². The first-order valence-electron chi connectivity index (χ1n) is 6.54. The van der Waals surface area contributed by atoms with E-state index in [1.54, 1.807) is 0 Å². The molecule has 3 nitrogen and oxygen atoms in total. The van der Waals surface area contributed by atoms with E-state index in [4.69, 9.17) is 5.73 Å². The molecule has 0 heterocycles. The highest BCUT2D eigenvalue weighted by atomic mass is 35.5. The van der Waals surface area contributed by atoms with Gasteiger partial charge >= 0.3 is 0 Å². The molecule has 4 heteroatoms. The fourth-order valence-corrected chi connectivity index (χ4v) is 2.78. The lowest BCUT2D eigenvalue weighted by atomic mass is 9.74. The van der Waals surface area contributed by atoms with Crippen molar-refractivity contribution < 1.29 is 4.79 Å². The molecule has 0 bridgehead atoms. The van der Waals surface area contributed by atoms with E-state index in [1.807, 2.05) is 0 Å². The second-order valence-electron chi connectivity index (χ2n) is 5.54. The summed E-state index contributed by atoms with van der Waals surface area (Å²) in [5.41, 5.74) is 5.40. The number of nitrogens with two attached hydrogens (primary N) is 1. The van der Waals surface area contributed by atoms with Crippen LogP contribution < -0.4 is 11.1 Å². The first kappa shape index (κ1) is 16.7. The van der Waals surface area contributed by atoms with Crippen molar-refractivity contribution in [2.45, 2.75) is 52.5 Å². The van der Waals surface area contributed by atoms with Crippen LogP contribution in [0.1, 0.15) is 46.5 Å². The Morgan fingerprint density at radius 1 is 1.41 bits per heavy atom. The maximum atomic E-state index is 11.6. The Kier molecular flexibility index (Phi) is 7.80. The average Bonchev–Trinajstić information content (AvgIpc) is 2.17. The van der Waals surface area contributed by atoms with E-state index < -0.39 is 0 Å². The lowest BCUT2D eigenvalue weighted by Crippen LogP contribution is -2.45. The molecular weight excluding hydrogens is 236 g/mol. The van der Waals surface area contributed by atoms with Crippen LogP contribution >= 0.6 is 12.4 Å². The SMILES string of the molecule is CC1CCC(C(C)C)C(NC(=O)CCN)C1.Cl. The van der Waals surface area contributed by atoms with Crippen LogP contribution in [0.25, 0.3) is 0 Å². The van der Waals surface area contributed by atoms with Crippen molar-refractivity contribution in [1.82, 2.24) is 5.32 Å². The Bertz CT molecular complexity index is 233. The standard InChI is InChI=1S/C13H26N2O.ClH/c1-9(2)11-5-4-10(3)8-12(11)15-13(16)6-7-14;/h9-12H,4-8,14H2,1-3H3,(H,15,16);1H.